The molecule has 0 bridgehead atoms. The lowest BCUT2D eigenvalue weighted by molar-refractivity contribution is 0.0505. The second-order valence-corrected chi connectivity index (χ2v) is 7.25. The number of amides is 1. The molecule has 2 N–H and O–H groups in total. The molecule has 5 nitrogen and oxygen atoms in total. The molecule has 0 spiro atoms. The molecule has 0 aromatic heterocycles. The van der Waals surface area contributed by atoms with Crippen LogP contribution in [0.2, 0.25) is 5.02 Å². The van der Waals surface area contributed by atoms with E-state index < -0.39 is 5.60 Å². The molecule has 1 aliphatic rings. The molecule has 2 atom stereocenters. The number of hydrogen-bond acceptors (Lipinski definition) is 4. The molecule has 0 heterocycles. The number of rotatable bonds is 4. The molecule has 1 amide bonds. The molecule has 2 rings (SSSR count). The van der Waals surface area contributed by atoms with Crippen LogP contribution in [0.1, 0.15) is 40.0 Å². The van der Waals surface area contributed by atoms with E-state index in [-0.39, 0.29) is 12.1 Å². The van der Waals surface area contributed by atoms with Gasteiger partial charge >= 0.3 is 6.09 Å². The van der Waals surface area contributed by atoms with Crippen LogP contribution in [0.5, 0.6) is 5.75 Å². The summed E-state index contributed by atoms with van der Waals surface area (Å²) in [6, 6.07) is 6.08. The van der Waals surface area contributed by atoms with E-state index in [4.69, 9.17) is 21.1 Å². The molecule has 128 valence electrons. The third-order valence-corrected chi connectivity index (χ3v) is 3.97. The fraction of sp³-hybridized carbons (Fsp3) is 0.588. The fourth-order valence-electron chi connectivity index (χ4n) is 2.71. The number of alkyl carbamates (subject to hydrolysis) is 1. The number of carbonyl (C=O) groups excluding carboxylic acids is 1. The van der Waals surface area contributed by atoms with Gasteiger partial charge in [-0.2, -0.15) is 0 Å². The fourth-order valence-corrected chi connectivity index (χ4v) is 2.97. The van der Waals surface area contributed by atoms with E-state index in [9.17, 15) is 4.79 Å². The Morgan fingerprint density at radius 3 is 2.57 bits per heavy atom. The van der Waals surface area contributed by atoms with Crippen molar-refractivity contribution in [3.05, 3.63) is 23.2 Å². The van der Waals surface area contributed by atoms with Crippen molar-refractivity contribution in [1.29, 1.82) is 0 Å². The molecular formula is C17H25ClN2O3. The molecule has 2 unspecified atom stereocenters. The summed E-state index contributed by atoms with van der Waals surface area (Å²) in [4.78, 5) is 11.8. The lowest BCUT2D eigenvalue weighted by Gasteiger charge is -2.22. The van der Waals surface area contributed by atoms with Gasteiger partial charge in [-0.25, -0.2) is 4.79 Å². The molecule has 1 saturated carbocycles. The van der Waals surface area contributed by atoms with E-state index in [0.717, 1.165) is 24.9 Å². The maximum atomic E-state index is 11.8. The number of nitrogens with one attached hydrogen (secondary N) is 2. The number of halogens is 1. The first-order valence-electron chi connectivity index (χ1n) is 7.86. The van der Waals surface area contributed by atoms with Gasteiger partial charge in [-0.15, -0.1) is 0 Å². The van der Waals surface area contributed by atoms with Crippen LogP contribution >= 0.6 is 11.6 Å². The van der Waals surface area contributed by atoms with Crippen LogP contribution in [-0.4, -0.2) is 30.9 Å². The predicted octanol–water partition coefficient (Wildman–Crippen LogP) is 4.21. The maximum absolute atomic E-state index is 11.8. The highest BCUT2D eigenvalue weighted by molar-refractivity contribution is 6.32. The predicted molar refractivity (Wildman–Crippen MR) is 92.4 cm³/mol. The summed E-state index contributed by atoms with van der Waals surface area (Å²) in [5.41, 5.74) is 0.485. The molecule has 1 aliphatic carbocycles. The third kappa shape index (κ3) is 5.50. The minimum atomic E-state index is -0.472. The molecule has 1 aromatic carbocycles. The molecule has 23 heavy (non-hydrogen) atoms. The molecule has 0 saturated heterocycles. The largest absolute Gasteiger partial charge is 0.495 e. The van der Waals surface area contributed by atoms with Crippen molar-refractivity contribution in [2.45, 2.75) is 57.7 Å². The van der Waals surface area contributed by atoms with Crippen LogP contribution in [0.25, 0.3) is 0 Å². The van der Waals surface area contributed by atoms with Gasteiger partial charge in [-0.3, -0.25) is 0 Å². The van der Waals surface area contributed by atoms with E-state index in [0.29, 0.717) is 16.8 Å². The van der Waals surface area contributed by atoms with Crippen molar-refractivity contribution in [2.24, 2.45) is 0 Å². The first-order chi connectivity index (χ1) is 10.8. The Hall–Kier alpha value is -1.62. The van der Waals surface area contributed by atoms with Crippen LogP contribution in [0.15, 0.2) is 18.2 Å². The van der Waals surface area contributed by atoms with E-state index >= 15 is 0 Å². The lowest BCUT2D eigenvalue weighted by atomic mass is 10.2. The summed E-state index contributed by atoms with van der Waals surface area (Å²) >= 11 is 6.14. The monoisotopic (exact) mass is 340 g/mol. The highest BCUT2D eigenvalue weighted by atomic mass is 35.5. The van der Waals surface area contributed by atoms with Gasteiger partial charge in [0, 0.05) is 17.8 Å². The van der Waals surface area contributed by atoms with Crippen LogP contribution in [0, 0.1) is 0 Å². The SMILES string of the molecule is COc1ccc(NC2CCC(NC(=O)OC(C)(C)C)C2)cc1Cl. The van der Waals surface area contributed by atoms with Crippen LogP contribution in [-0.2, 0) is 4.74 Å². The minimum Gasteiger partial charge on any atom is -0.495 e. The second-order valence-electron chi connectivity index (χ2n) is 6.85. The van der Waals surface area contributed by atoms with Gasteiger partial charge in [0.25, 0.3) is 0 Å². The average molecular weight is 341 g/mol. The number of methoxy groups -OCH3 is 1. The highest BCUT2D eigenvalue weighted by Gasteiger charge is 2.27. The number of benzene rings is 1. The standard InChI is InChI=1S/C17H25ClN2O3/c1-17(2,3)23-16(21)20-12-6-5-11(9-12)19-13-7-8-15(22-4)14(18)10-13/h7-8,10-12,19H,5-6,9H2,1-4H3,(H,20,21). The molecule has 0 radical (unpaired) electrons. The van der Waals surface area contributed by atoms with Gasteiger partial charge in [-0.1, -0.05) is 11.6 Å². The summed E-state index contributed by atoms with van der Waals surface area (Å²) in [6.07, 6.45) is 2.43. The van der Waals surface area contributed by atoms with E-state index in [1.165, 1.54) is 0 Å². The summed E-state index contributed by atoms with van der Waals surface area (Å²) < 4.78 is 10.4. The van der Waals surface area contributed by atoms with Crippen molar-refractivity contribution < 1.29 is 14.3 Å². The van der Waals surface area contributed by atoms with Crippen molar-refractivity contribution in [1.82, 2.24) is 5.32 Å². The summed E-state index contributed by atoms with van der Waals surface area (Å²) in [5.74, 6) is 0.660. The van der Waals surface area contributed by atoms with E-state index in [1.807, 2.05) is 39.0 Å². The Kier molecular flexibility index (Phi) is 5.63. The Balaban J connectivity index is 1.83. The lowest BCUT2D eigenvalue weighted by Crippen LogP contribution is -2.38. The molecular weight excluding hydrogens is 316 g/mol. The van der Waals surface area contributed by atoms with Crippen LogP contribution in [0.4, 0.5) is 10.5 Å². The Labute approximate surface area is 142 Å². The Bertz CT molecular complexity index is 557. The van der Waals surface area contributed by atoms with Gasteiger partial charge in [0.2, 0.25) is 0 Å². The molecule has 1 fully saturated rings. The normalized spacial score (nSPS) is 20.9. The van der Waals surface area contributed by atoms with Gasteiger partial charge in [-0.05, 0) is 58.2 Å². The maximum Gasteiger partial charge on any atom is 0.407 e. The first kappa shape index (κ1) is 17.7. The first-order valence-corrected chi connectivity index (χ1v) is 8.24. The summed E-state index contributed by atoms with van der Waals surface area (Å²) in [5, 5.41) is 6.97. The number of ether oxygens (including phenoxy) is 2. The van der Waals surface area contributed by atoms with Gasteiger partial charge in [0.1, 0.15) is 11.4 Å². The highest BCUT2D eigenvalue weighted by Crippen LogP contribution is 2.29. The minimum absolute atomic E-state index is 0.135. The van der Waals surface area contributed by atoms with Crippen molar-refractivity contribution >= 4 is 23.4 Å². The van der Waals surface area contributed by atoms with E-state index in [1.54, 1.807) is 7.11 Å². The smallest absolute Gasteiger partial charge is 0.407 e. The van der Waals surface area contributed by atoms with Gasteiger partial charge in [0.05, 0.1) is 12.1 Å². The van der Waals surface area contributed by atoms with Crippen LogP contribution in [0.3, 0.4) is 0 Å². The number of carbonyl (C=O) groups is 1. The average Bonchev–Trinajstić information content (AvgIpc) is 2.83. The quantitative estimate of drug-likeness (QED) is 0.862. The zero-order chi connectivity index (χ0) is 17.0. The Morgan fingerprint density at radius 1 is 1.26 bits per heavy atom. The molecule has 1 aromatic rings. The second kappa shape index (κ2) is 7.30. The third-order valence-electron chi connectivity index (χ3n) is 3.68. The van der Waals surface area contributed by atoms with Crippen molar-refractivity contribution in [2.75, 3.05) is 12.4 Å². The number of hydrogen-bond donors (Lipinski definition) is 2. The molecule has 6 heteroatoms. The summed E-state index contributed by atoms with van der Waals surface area (Å²) in [6.45, 7) is 5.58. The van der Waals surface area contributed by atoms with Gasteiger partial charge in [0.15, 0.2) is 0 Å². The molecule has 0 aliphatic heterocycles. The van der Waals surface area contributed by atoms with Crippen molar-refractivity contribution in [3.8, 4) is 5.75 Å². The summed E-state index contributed by atoms with van der Waals surface area (Å²) in [7, 11) is 1.60. The number of anilines is 1. The van der Waals surface area contributed by atoms with Gasteiger partial charge < -0.3 is 20.1 Å². The van der Waals surface area contributed by atoms with Crippen LogP contribution < -0.4 is 15.4 Å². The van der Waals surface area contributed by atoms with E-state index in [2.05, 4.69) is 10.6 Å². The van der Waals surface area contributed by atoms with Crippen molar-refractivity contribution in [3.63, 3.8) is 0 Å². The zero-order valence-corrected chi connectivity index (χ0v) is 14.9. The Morgan fingerprint density at radius 2 is 1.96 bits per heavy atom. The topological polar surface area (TPSA) is 59.6 Å². The zero-order valence-electron chi connectivity index (χ0n) is 14.1.